The predicted molar refractivity (Wildman–Crippen MR) is 83.3 cm³/mol. The van der Waals surface area contributed by atoms with Crippen molar-refractivity contribution in [2.45, 2.75) is 32.0 Å². The second-order valence-corrected chi connectivity index (χ2v) is 6.54. The molecule has 1 unspecified atom stereocenters. The van der Waals surface area contributed by atoms with Gasteiger partial charge < -0.3 is 14.9 Å². The standard InChI is InChI=1S/C16H17F3N4O2/c1-9-2-3-23(9)15-11(6-20)12(16(17,18)19)5-13(21-15)22-7-10(8-22)4-14(24)25/h5,9-10H,2-4,7-8H2,1H3,(H,24,25). The molecule has 2 aliphatic rings. The highest BCUT2D eigenvalue weighted by Crippen LogP contribution is 2.40. The quantitative estimate of drug-likeness (QED) is 0.895. The molecule has 2 saturated heterocycles. The van der Waals surface area contributed by atoms with Crippen LogP contribution in [-0.2, 0) is 11.0 Å². The number of aromatic nitrogens is 1. The summed E-state index contributed by atoms with van der Waals surface area (Å²) in [4.78, 5) is 18.3. The van der Waals surface area contributed by atoms with Gasteiger partial charge >= 0.3 is 12.1 Å². The van der Waals surface area contributed by atoms with Gasteiger partial charge in [-0.25, -0.2) is 4.98 Å². The van der Waals surface area contributed by atoms with Crippen LogP contribution in [0.4, 0.5) is 24.8 Å². The number of hydrogen-bond acceptors (Lipinski definition) is 5. The Morgan fingerprint density at radius 2 is 2.16 bits per heavy atom. The Balaban J connectivity index is 1.96. The molecule has 3 rings (SSSR count). The fraction of sp³-hybridized carbons (Fsp3) is 0.562. The van der Waals surface area contributed by atoms with Crippen molar-refractivity contribution in [3.8, 4) is 6.07 Å². The van der Waals surface area contributed by atoms with E-state index < -0.39 is 23.3 Å². The Morgan fingerprint density at radius 1 is 1.48 bits per heavy atom. The van der Waals surface area contributed by atoms with E-state index >= 15 is 0 Å². The molecule has 0 aromatic carbocycles. The van der Waals surface area contributed by atoms with Crippen molar-refractivity contribution in [2.24, 2.45) is 5.92 Å². The normalized spacial score (nSPS) is 20.7. The summed E-state index contributed by atoms with van der Waals surface area (Å²) in [6.45, 7) is 3.12. The van der Waals surface area contributed by atoms with E-state index in [2.05, 4.69) is 4.98 Å². The van der Waals surface area contributed by atoms with Crippen LogP contribution in [0.1, 0.15) is 30.9 Å². The van der Waals surface area contributed by atoms with Gasteiger partial charge in [-0.05, 0) is 19.4 Å². The number of carboxylic acid groups (broad SMARTS) is 1. The SMILES string of the molecule is CC1CCN1c1nc(N2CC(CC(=O)O)C2)cc(C(F)(F)F)c1C#N. The monoisotopic (exact) mass is 354 g/mol. The van der Waals surface area contributed by atoms with Crippen LogP contribution in [0.15, 0.2) is 6.07 Å². The van der Waals surface area contributed by atoms with Gasteiger partial charge in [0.1, 0.15) is 23.3 Å². The van der Waals surface area contributed by atoms with Crippen molar-refractivity contribution >= 4 is 17.6 Å². The average Bonchev–Trinajstić information content (AvgIpc) is 2.47. The fourth-order valence-corrected chi connectivity index (χ4v) is 3.19. The molecule has 2 aliphatic heterocycles. The Bertz CT molecular complexity index is 738. The number of pyridine rings is 1. The van der Waals surface area contributed by atoms with Crippen molar-refractivity contribution in [3.63, 3.8) is 0 Å². The van der Waals surface area contributed by atoms with Gasteiger partial charge in [0.15, 0.2) is 0 Å². The van der Waals surface area contributed by atoms with E-state index in [-0.39, 0.29) is 30.0 Å². The molecule has 0 radical (unpaired) electrons. The average molecular weight is 354 g/mol. The maximum Gasteiger partial charge on any atom is 0.417 e. The van der Waals surface area contributed by atoms with Crippen LogP contribution in [0, 0.1) is 17.2 Å². The van der Waals surface area contributed by atoms with Gasteiger partial charge in [0.05, 0.1) is 12.0 Å². The molecule has 1 N–H and O–H groups in total. The minimum atomic E-state index is -4.66. The molecule has 0 amide bonds. The molecule has 0 bridgehead atoms. The summed E-state index contributed by atoms with van der Waals surface area (Å²) in [5.74, 6) is -0.825. The number of carbonyl (C=O) groups is 1. The third-order valence-corrected chi connectivity index (χ3v) is 4.74. The van der Waals surface area contributed by atoms with Crippen LogP contribution in [-0.4, -0.2) is 41.7 Å². The van der Waals surface area contributed by atoms with Crippen LogP contribution in [0.5, 0.6) is 0 Å². The maximum absolute atomic E-state index is 13.4. The van der Waals surface area contributed by atoms with Crippen molar-refractivity contribution < 1.29 is 23.1 Å². The third kappa shape index (κ3) is 3.21. The maximum atomic E-state index is 13.4. The molecule has 1 aromatic heterocycles. The summed E-state index contributed by atoms with van der Waals surface area (Å²) in [5, 5.41) is 18.0. The molecule has 2 fully saturated rings. The van der Waals surface area contributed by atoms with E-state index in [1.54, 1.807) is 15.9 Å². The highest BCUT2D eigenvalue weighted by Gasteiger charge is 2.40. The van der Waals surface area contributed by atoms with E-state index in [0.717, 1.165) is 12.5 Å². The lowest BCUT2D eigenvalue weighted by Crippen LogP contribution is -2.49. The van der Waals surface area contributed by atoms with Crippen LogP contribution in [0.25, 0.3) is 0 Å². The topological polar surface area (TPSA) is 80.5 Å². The second-order valence-electron chi connectivity index (χ2n) is 6.54. The fourth-order valence-electron chi connectivity index (χ4n) is 3.19. The number of nitriles is 1. The van der Waals surface area contributed by atoms with E-state index in [4.69, 9.17) is 5.11 Å². The van der Waals surface area contributed by atoms with Crippen LogP contribution < -0.4 is 9.80 Å². The Morgan fingerprint density at radius 3 is 2.60 bits per heavy atom. The molecule has 134 valence electrons. The molecule has 6 nitrogen and oxygen atoms in total. The molecule has 1 atom stereocenters. The van der Waals surface area contributed by atoms with Crippen molar-refractivity contribution in [1.82, 2.24) is 4.98 Å². The number of anilines is 2. The van der Waals surface area contributed by atoms with Gasteiger partial charge in [0, 0.05) is 31.6 Å². The van der Waals surface area contributed by atoms with Gasteiger partial charge in [-0.15, -0.1) is 0 Å². The van der Waals surface area contributed by atoms with Gasteiger partial charge in [-0.2, -0.15) is 18.4 Å². The molecule has 3 heterocycles. The Kier molecular flexibility index (Phi) is 4.22. The summed E-state index contributed by atoms with van der Waals surface area (Å²) in [6, 6.07) is 2.58. The number of alkyl halides is 3. The first kappa shape index (κ1) is 17.3. The molecular formula is C16H17F3N4O2. The highest BCUT2D eigenvalue weighted by atomic mass is 19.4. The number of halogens is 3. The smallest absolute Gasteiger partial charge is 0.417 e. The van der Waals surface area contributed by atoms with E-state index in [1.807, 2.05) is 6.92 Å². The Labute approximate surface area is 142 Å². The first-order chi connectivity index (χ1) is 11.7. The van der Waals surface area contributed by atoms with Crippen LogP contribution in [0.2, 0.25) is 0 Å². The van der Waals surface area contributed by atoms with Crippen molar-refractivity contribution in [1.29, 1.82) is 5.26 Å². The largest absolute Gasteiger partial charge is 0.481 e. The second kappa shape index (κ2) is 6.10. The van der Waals surface area contributed by atoms with Crippen LogP contribution >= 0.6 is 0 Å². The van der Waals surface area contributed by atoms with Gasteiger partial charge in [0.2, 0.25) is 0 Å². The minimum absolute atomic E-state index is 0.0189. The zero-order valence-electron chi connectivity index (χ0n) is 13.5. The molecule has 0 saturated carbocycles. The van der Waals surface area contributed by atoms with Gasteiger partial charge in [-0.1, -0.05) is 0 Å². The van der Waals surface area contributed by atoms with Crippen molar-refractivity contribution in [2.75, 3.05) is 29.4 Å². The predicted octanol–water partition coefficient (Wildman–Crippen LogP) is 2.48. The first-order valence-electron chi connectivity index (χ1n) is 7.96. The Hall–Kier alpha value is -2.50. The van der Waals surface area contributed by atoms with Crippen molar-refractivity contribution in [3.05, 3.63) is 17.2 Å². The van der Waals surface area contributed by atoms with E-state index in [0.29, 0.717) is 19.6 Å². The highest BCUT2D eigenvalue weighted by molar-refractivity contribution is 5.68. The molecule has 1 aromatic rings. The van der Waals surface area contributed by atoms with Crippen LogP contribution in [0.3, 0.4) is 0 Å². The summed E-state index contributed by atoms with van der Waals surface area (Å²) in [5.41, 5.74) is -1.44. The summed E-state index contributed by atoms with van der Waals surface area (Å²) in [7, 11) is 0. The zero-order valence-corrected chi connectivity index (χ0v) is 13.5. The molecule has 9 heteroatoms. The molecule has 25 heavy (non-hydrogen) atoms. The number of carboxylic acids is 1. The lowest BCUT2D eigenvalue weighted by atomic mass is 9.96. The molecular weight excluding hydrogens is 337 g/mol. The zero-order chi connectivity index (χ0) is 18.4. The lowest BCUT2D eigenvalue weighted by Gasteiger charge is -2.43. The number of rotatable bonds is 4. The third-order valence-electron chi connectivity index (χ3n) is 4.74. The van der Waals surface area contributed by atoms with E-state index in [9.17, 15) is 23.2 Å². The number of nitrogens with zero attached hydrogens (tertiary/aromatic N) is 4. The molecule has 0 spiro atoms. The number of hydrogen-bond donors (Lipinski definition) is 1. The van der Waals surface area contributed by atoms with Gasteiger partial charge in [0.25, 0.3) is 0 Å². The minimum Gasteiger partial charge on any atom is -0.481 e. The van der Waals surface area contributed by atoms with E-state index in [1.165, 1.54) is 0 Å². The first-order valence-corrected chi connectivity index (χ1v) is 7.96. The van der Waals surface area contributed by atoms with Gasteiger partial charge in [-0.3, -0.25) is 4.79 Å². The molecule has 0 aliphatic carbocycles. The lowest BCUT2D eigenvalue weighted by molar-refractivity contribution is -0.138. The summed E-state index contributed by atoms with van der Waals surface area (Å²) >= 11 is 0. The summed E-state index contributed by atoms with van der Waals surface area (Å²) in [6.07, 6.45) is -3.84. The number of aliphatic carboxylic acids is 1. The summed E-state index contributed by atoms with van der Waals surface area (Å²) < 4.78 is 40.3.